The Hall–Kier alpha value is -1.27. The Morgan fingerprint density at radius 2 is 2.25 bits per heavy atom. The molecule has 0 spiro atoms. The van der Waals surface area contributed by atoms with Crippen LogP contribution in [0.3, 0.4) is 0 Å². The van der Waals surface area contributed by atoms with Gasteiger partial charge in [0.15, 0.2) is 0 Å². The van der Waals surface area contributed by atoms with E-state index in [0.29, 0.717) is 6.54 Å². The molecule has 0 aromatic carbocycles. The van der Waals surface area contributed by atoms with Crippen LogP contribution < -0.4 is 5.32 Å². The predicted octanol–water partition coefficient (Wildman–Crippen LogP) is 1.20. The van der Waals surface area contributed by atoms with Gasteiger partial charge in [-0.1, -0.05) is 5.21 Å². The normalized spacial score (nSPS) is 10.6. The third-order valence-corrected chi connectivity index (χ3v) is 2.53. The summed E-state index contributed by atoms with van der Waals surface area (Å²) in [5.41, 5.74) is 1.89. The van der Waals surface area contributed by atoms with E-state index >= 15 is 0 Å². The summed E-state index contributed by atoms with van der Waals surface area (Å²) >= 11 is 3.35. The van der Waals surface area contributed by atoms with Crippen LogP contribution in [-0.2, 0) is 13.1 Å². The van der Waals surface area contributed by atoms with Gasteiger partial charge < -0.3 is 5.32 Å². The van der Waals surface area contributed by atoms with Crippen molar-refractivity contribution in [2.45, 2.75) is 13.1 Å². The average Bonchev–Trinajstić information content (AvgIpc) is 2.70. The summed E-state index contributed by atoms with van der Waals surface area (Å²) in [6, 6.07) is 3.93. The highest BCUT2D eigenvalue weighted by Gasteiger charge is 2.01. The van der Waals surface area contributed by atoms with Gasteiger partial charge in [-0.2, -0.15) is 0 Å². The molecule has 0 bridgehead atoms. The van der Waals surface area contributed by atoms with Crippen LogP contribution in [0.2, 0.25) is 0 Å². The smallest absolute Gasteiger partial charge is 0.0964 e. The topological polar surface area (TPSA) is 55.6 Å². The average molecular weight is 282 g/mol. The van der Waals surface area contributed by atoms with Gasteiger partial charge in [0, 0.05) is 17.2 Å². The minimum absolute atomic E-state index is 0.643. The maximum Gasteiger partial charge on any atom is 0.0964 e. The summed E-state index contributed by atoms with van der Waals surface area (Å²) in [6.07, 6.45) is 3.70. The molecule has 2 rings (SSSR count). The summed E-state index contributed by atoms with van der Waals surface area (Å²) in [6.45, 7) is 1.37. The Balaban J connectivity index is 2.05. The van der Waals surface area contributed by atoms with Crippen LogP contribution >= 0.6 is 15.9 Å². The molecule has 2 heterocycles. The minimum atomic E-state index is 0.643. The van der Waals surface area contributed by atoms with Crippen molar-refractivity contribution in [1.29, 1.82) is 0 Å². The van der Waals surface area contributed by atoms with Crippen molar-refractivity contribution in [2.24, 2.45) is 0 Å². The first-order chi connectivity index (χ1) is 7.78. The van der Waals surface area contributed by atoms with Gasteiger partial charge in [0.05, 0.1) is 24.1 Å². The number of halogens is 1. The van der Waals surface area contributed by atoms with Crippen molar-refractivity contribution < 1.29 is 0 Å². The second-order valence-corrected chi connectivity index (χ2v) is 4.32. The van der Waals surface area contributed by atoms with Crippen LogP contribution in [0.15, 0.2) is 29.0 Å². The molecule has 0 saturated carbocycles. The van der Waals surface area contributed by atoms with Crippen molar-refractivity contribution in [3.8, 4) is 0 Å². The Labute approximate surface area is 102 Å². The Morgan fingerprint density at radius 3 is 2.94 bits per heavy atom. The zero-order chi connectivity index (χ0) is 11.4. The maximum atomic E-state index is 4.28. The lowest BCUT2D eigenvalue weighted by Gasteiger charge is -1.99. The van der Waals surface area contributed by atoms with Crippen molar-refractivity contribution in [3.05, 3.63) is 40.4 Å². The monoisotopic (exact) mass is 281 g/mol. The van der Waals surface area contributed by atoms with E-state index in [9.17, 15) is 0 Å². The van der Waals surface area contributed by atoms with E-state index in [1.54, 1.807) is 10.9 Å². The van der Waals surface area contributed by atoms with Crippen LogP contribution in [0.4, 0.5) is 0 Å². The molecule has 0 aliphatic carbocycles. The molecule has 16 heavy (non-hydrogen) atoms. The van der Waals surface area contributed by atoms with Crippen LogP contribution in [-0.4, -0.2) is 27.0 Å². The van der Waals surface area contributed by atoms with Gasteiger partial charge in [0.2, 0.25) is 0 Å². The fourth-order valence-electron chi connectivity index (χ4n) is 1.34. The highest BCUT2D eigenvalue weighted by atomic mass is 79.9. The molecular formula is C10H12BrN5. The summed E-state index contributed by atoms with van der Waals surface area (Å²) in [5, 5.41) is 11.1. The van der Waals surface area contributed by atoms with Gasteiger partial charge in [-0.3, -0.25) is 4.98 Å². The zero-order valence-corrected chi connectivity index (χ0v) is 10.5. The second kappa shape index (κ2) is 5.18. The minimum Gasteiger partial charge on any atom is -0.314 e. The standard InChI is InChI=1S/C10H12BrN5/c1-12-5-10-7-16(15-14-10)6-9-3-2-8(11)4-13-9/h2-4,7,12H,5-6H2,1H3. The maximum absolute atomic E-state index is 4.28. The Kier molecular flexibility index (Phi) is 3.63. The third kappa shape index (κ3) is 2.86. The van der Waals surface area contributed by atoms with Gasteiger partial charge in [-0.15, -0.1) is 5.10 Å². The molecule has 0 fully saturated rings. The van der Waals surface area contributed by atoms with Gasteiger partial charge in [0.1, 0.15) is 0 Å². The molecule has 6 heteroatoms. The second-order valence-electron chi connectivity index (χ2n) is 3.41. The Bertz CT molecular complexity index is 450. The molecule has 0 aliphatic heterocycles. The SMILES string of the molecule is CNCc1cn(Cc2ccc(Br)cn2)nn1. The molecule has 0 atom stereocenters. The van der Waals surface area contributed by atoms with Crippen LogP contribution in [0.5, 0.6) is 0 Å². The van der Waals surface area contributed by atoms with Gasteiger partial charge in [-0.05, 0) is 35.1 Å². The van der Waals surface area contributed by atoms with E-state index in [-0.39, 0.29) is 0 Å². The van der Waals surface area contributed by atoms with Crippen LogP contribution in [0.25, 0.3) is 0 Å². The number of hydrogen-bond donors (Lipinski definition) is 1. The summed E-state index contributed by atoms with van der Waals surface area (Å²) in [7, 11) is 1.88. The van der Waals surface area contributed by atoms with Crippen LogP contribution in [0.1, 0.15) is 11.4 Å². The highest BCUT2D eigenvalue weighted by Crippen LogP contribution is 2.08. The van der Waals surface area contributed by atoms with Crippen molar-refractivity contribution in [2.75, 3.05) is 7.05 Å². The molecule has 0 radical (unpaired) electrons. The third-order valence-electron chi connectivity index (χ3n) is 2.06. The Morgan fingerprint density at radius 1 is 1.38 bits per heavy atom. The molecule has 1 N–H and O–H groups in total. The summed E-state index contributed by atoms with van der Waals surface area (Å²) < 4.78 is 2.76. The van der Waals surface area contributed by atoms with E-state index in [4.69, 9.17) is 0 Å². The molecule has 0 aliphatic rings. The van der Waals surface area contributed by atoms with E-state index in [2.05, 4.69) is 36.5 Å². The summed E-state index contributed by atoms with van der Waals surface area (Å²) in [5.74, 6) is 0. The molecular weight excluding hydrogens is 270 g/mol. The van der Waals surface area contributed by atoms with E-state index < -0.39 is 0 Å². The van der Waals surface area contributed by atoms with E-state index in [1.165, 1.54) is 0 Å². The molecule has 0 saturated heterocycles. The number of hydrogen-bond acceptors (Lipinski definition) is 4. The lowest BCUT2D eigenvalue weighted by molar-refractivity contribution is 0.638. The van der Waals surface area contributed by atoms with Gasteiger partial charge in [-0.25, -0.2) is 4.68 Å². The largest absolute Gasteiger partial charge is 0.314 e. The number of nitrogens with one attached hydrogen (secondary N) is 1. The fourth-order valence-corrected chi connectivity index (χ4v) is 1.58. The number of rotatable bonds is 4. The zero-order valence-electron chi connectivity index (χ0n) is 8.89. The number of pyridine rings is 1. The predicted molar refractivity (Wildman–Crippen MR) is 63.8 cm³/mol. The molecule has 0 amide bonds. The van der Waals surface area contributed by atoms with Gasteiger partial charge in [0.25, 0.3) is 0 Å². The first-order valence-electron chi connectivity index (χ1n) is 4.92. The fraction of sp³-hybridized carbons (Fsp3) is 0.300. The molecule has 2 aromatic rings. The van der Waals surface area contributed by atoms with E-state index in [0.717, 1.165) is 22.4 Å². The number of aromatic nitrogens is 4. The quantitative estimate of drug-likeness (QED) is 0.915. The summed E-state index contributed by atoms with van der Waals surface area (Å²) in [4.78, 5) is 4.28. The molecule has 2 aromatic heterocycles. The lowest BCUT2D eigenvalue weighted by Crippen LogP contribution is -2.05. The van der Waals surface area contributed by atoms with Crippen molar-refractivity contribution >= 4 is 15.9 Å². The van der Waals surface area contributed by atoms with Crippen LogP contribution in [0, 0.1) is 0 Å². The highest BCUT2D eigenvalue weighted by molar-refractivity contribution is 9.10. The number of nitrogens with zero attached hydrogens (tertiary/aromatic N) is 4. The first kappa shape index (κ1) is 11.2. The first-order valence-corrected chi connectivity index (χ1v) is 5.71. The molecule has 5 nitrogen and oxygen atoms in total. The van der Waals surface area contributed by atoms with Crippen molar-refractivity contribution in [1.82, 2.24) is 25.3 Å². The van der Waals surface area contributed by atoms with E-state index in [1.807, 2.05) is 25.4 Å². The lowest BCUT2D eigenvalue weighted by atomic mass is 10.3. The molecule has 84 valence electrons. The molecule has 0 unspecified atom stereocenters. The van der Waals surface area contributed by atoms with Crippen molar-refractivity contribution in [3.63, 3.8) is 0 Å². The van der Waals surface area contributed by atoms with Gasteiger partial charge >= 0.3 is 0 Å².